The van der Waals surface area contributed by atoms with Gasteiger partial charge in [-0.1, -0.05) is 6.07 Å². The summed E-state index contributed by atoms with van der Waals surface area (Å²) in [5.41, 5.74) is 1.21. The van der Waals surface area contributed by atoms with Crippen molar-refractivity contribution in [2.24, 2.45) is 0 Å². The fourth-order valence-corrected chi connectivity index (χ4v) is 2.57. The Hall–Kier alpha value is -3.87. The Labute approximate surface area is 161 Å². The second kappa shape index (κ2) is 8.22. The van der Waals surface area contributed by atoms with Crippen LogP contribution in [0.4, 0.5) is 11.4 Å². The Kier molecular flexibility index (Phi) is 5.55. The van der Waals surface area contributed by atoms with E-state index in [4.69, 9.17) is 9.47 Å². The molecule has 0 heterocycles. The van der Waals surface area contributed by atoms with E-state index in [1.165, 1.54) is 29.2 Å². The average molecular weight is 378 g/mol. The highest BCUT2D eigenvalue weighted by atomic mass is 16.6. The highest BCUT2D eigenvalue weighted by Crippen LogP contribution is 2.25. The standard InChI is InChI=1S/C21H18N2O5/c1-22(17-4-3-5-20(14-17)27-2)21(24)15-6-10-18(11-7-15)28-19-12-8-16(9-13-19)23(25)26/h3-14H,1-2H3. The number of nitrogens with zero attached hydrogens (tertiary/aromatic N) is 2. The van der Waals surface area contributed by atoms with Crippen molar-refractivity contribution in [3.05, 3.63) is 88.5 Å². The zero-order valence-corrected chi connectivity index (χ0v) is 15.4. The molecule has 7 heteroatoms. The van der Waals surface area contributed by atoms with Gasteiger partial charge in [-0.3, -0.25) is 14.9 Å². The van der Waals surface area contributed by atoms with Gasteiger partial charge in [-0.15, -0.1) is 0 Å². The van der Waals surface area contributed by atoms with Crippen LogP contribution in [0.25, 0.3) is 0 Å². The van der Waals surface area contributed by atoms with Gasteiger partial charge in [-0.25, -0.2) is 0 Å². The van der Waals surface area contributed by atoms with Crippen LogP contribution >= 0.6 is 0 Å². The molecule has 7 nitrogen and oxygen atoms in total. The van der Waals surface area contributed by atoms with Crippen LogP contribution in [-0.4, -0.2) is 25.0 Å². The van der Waals surface area contributed by atoms with Crippen LogP contribution in [0.1, 0.15) is 10.4 Å². The van der Waals surface area contributed by atoms with E-state index in [2.05, 4.69) is 0 Å². The van der Waals surface area contributed by atoms with E-state index in [1.54, 1.807) is 44.5 Å². The lowest BCUT2D eigenvalue weighted by atomic mass is 10.1. The molecule has 0 aliphatic heterocycles. The van der Waals surface area contributed by atoms with Crippen LogP contribution in [0, 0.1) is 10.1 Å². The van der Waals surface area contributed by atoms with Gasteiger partial charge in [0.25, 0.3) is 11.6 Å². The monoisotopic (exact) mass is 378 g/mol. The molecule has 0 saturated heterocycles. The van der Waals surface area contributed by atoms with Crippen LogP contribution in [0.2, 0.25) is 0 Å². The van der Waals surface area contributed by atoms with E-state index in [9.17, 15) is 14.9 Å². The molecule has 0 radical (unpaired) electrons. The lowest BCUT2D eigenvalue weighted by Crippen LogP contribution is -2.26. The third kappa shape index (κ3) is 4.27. The molecule has 3 aromatic rings. The molecule has 142 valence electrons. The summed E-state index contributed by atoms with van der Waals surface area (Å²) < 4.78 is 10.9. The van der Waals surface area contributed by atoms with E-state index in [1.807, 2.05) is 18.2 Å². The highest BCUT2D eigenvalue weighted by Gasteiger charge is 2.14. The van der Waals surface area contributed by atoms with Gasteiger partial charge in [-0.2, -0.15) is 0 Å². The van der Waals surface area contributed by atoms with Crippen molar-refractivity contribution in [2.45, 2.75) is 0 Å². The molecular weight excluding hydrogens is 360 g/mol. The number of methoxy groups -OCH3 is 1. The van der Waals surface area contributed by atoms with Gasteiger partial charge >= 0.3 is 0 Å². The minimum atomic E-state index is -0.469. The smallest absolute Gasteiger partial charge is 0.269 e. The lowest BCUT2D eigenvalue weighted by Gasteiger charge is -2.18. The molecule has 0 aliphatic carbocycles. The summed E-state index contributed by atoms with van der Waals surface area (Å²) in [5.74, 6) is 1.49. The average Bonchev–Trinajstić information content (AvgIpc) is 2.73. The number of rotatable bonds is 6. The number of non-ortho nitro benzene ring substituents is 1. The van der Waals surface area contributed by atoms with Crippen LogP contribution in [0.3, 0.4) is 0 Å². The maximum absolute atomic E-state index is 12.7. The summed E-state index contributed by atoms with van der Waals surface area (Å²) in [4.78, 5) is 24.5. The van der Waals surface area contributed by atoms with Crippen LogP contribution < -0.4 is 14.4 Å². The van der Waals surface area contributed by atoms with Gasteiger partial charge in [0, 0.05) is 36.5 Å². The Morgan fingerprint density at radius 2 is 1.54 bits per heavy atom. The quantitative estimate of drug-likeness (QED) is 0.460. The molecule has 0 bridgehead atoms. The zero-order valence-electron chi connectivity index (χ0n) is 15.4. The molecule has 0 saturated carbocycles. The predicted octanol–water partition coefficient (Wildman–Crippen LogP) is 4.67. The first kappa shape index (κ1) is 18.9. The minimum absolute atomic E-state index is 0.00567. The number of nitro groups is 1. The number of hydrogen-bond acceptors (Lipinski definition) is 5. The molecule has 0 aromatic heterocycles. The molecule has 0 N–H and O–H groups in total. The summed E-state index contributed by atoms with van der Waals surface area (Å²) in [5, 5.41) is 10.7. The molecule has 0 atom stereocenters. The van der Waals surface area contributed by atoms with Crippen LogP contribution in [0.5, 0.6) is 17.2 Å². The van der Waals surface area contributed by atoms with Gasteiger partial charge in [-0.05, 0) is 48.5 Å². The van der Waals surface area contributed by atoms with E-state index >= 15 is 0 Å². The number of hydrogen-bond donors (Lipinski definition) is 0. The van der Waals surface area contributed by atoms with Crippen molar-refractivity contribution in [1.82, 2.24) is 0 Å². The molecule has 28 heavy (non-hydrogen) atoms. The predicted molar refractivity (Wildman–Crippen MR) is 105 cm³/mol. The van der Waals surface area contributed by atoms with Gasteiger partial charge in [0.15, 0.2) is 0 Å². The van der Waals surface area contributed by atoms with Crippen molar-refractivity contribution >= 4 is 17.3 Å². The number of ether oxygens (including phenoxy) is 2. The first-order chi connectivity index (χ1) is 13.5. The molecule has 0 spiro atoms. The molecule has 0 unspecified atom stereocenters. The Balaban J connectivity index is 1.70. The summed E-state index contributed by atoms with van der Waals surface area (Å²) >= 11 is 0. The summed E-state index contributed by atoms with van der Waals surface area (Å²) in [6.45, 7) is 0. The van der Waals surface area contributed by atoms with Gasteiger partial charge in [0.2, 0.25) is 0 Å². The lowest BCUT2D eigenvalue weighted by molar-refractivity contribution is -0.384. The number of benzene rings is 3. The van der Waals surface area contributed by atoms with Crippen LogP contribution in [-0.2, 0) is 0 Å². The zero-order chi connectivity index (χ0) is 20.1. The maximum atomic E-state index is 12.7. The second-order valence-corrected chi connectivity index (χ2v) is 5.94. The molecule has 0 fully saturated rings. The topological polar surface area (TPSA) is 81.9 Å². The maximum Gasteiger partial charge on any atom is 0.269 e. The van der Waals surface area contributed by atoms with Crippen molar-refractivity contribution in [1.29, 1.82) is 0 Å². The SMILES string of the molecule is COc1cccc(N(C)C(=O)c2ccc(Oc3ccc([N+](=O)[O-])cc3)cc2)c1. The van der Waals surface area contributed by atoms with Crippen molar-refractivity contribution in [3.63, 3.8) is 0 Å². The molecule has 0 aliphatic rings. The van der Waals surface area contributed by atoms with Crippen molar-refractivity contribution < 1.29 is 19.2 Å². The summed E-state index contributed by atoms with van der Waals surface area (Å²) in [6, 6.07) is 19.7. The van der Waals surface area contributed by atoms with Crippen molar-refractivity contribution in [3.8, 4) is 17.2 Å². The number of nitro benzene ring substituents is 1. The normalized spacial score (nSPS) is 10.2. The van der Waals surface area contributed by atoms with Crippen LogP contribution in [0.15, 0.2) is 72.8 Å². The molecule has 1 amide bonds. The number of carbonyl (C=O) groups is 1. The van der Waals surface area contributed by atoms with Gasteiger partial charge in [0.1, 0.15) is 17.2 Å². The first-order valence-electron chi connectivity index (χ1n) is 8.42. The number of anilines is 1. The third-order valence-electron chi connectivity index (χ3n) is 4.13. The Bertz CT molecular complexity index is 984. The van der Waals surface area contributed by atoms with E-state index in [0.29, 0.717) is 22.8 Å². The van der Waals surface area contributed by atoms with Gasteiger partial charge < -0.3 is 14.4 Å². The second-order valence-electron chi connectivity index (χ2n) is 5.94. The Morgan fingerprint density at radius 3 is 2.11 bits per heavy atom. The van der Waals surface area contributed by atoms with E-state index in [0.717, 1.165) is 5.69 Å². The molecule has 3 rings (SSSR count). The van der Waals surface area contributed by atoms with E-state index < -0.39 is 4.92 Å². The number of carbonyl (C=O) groups excluding carboxylic acids is 1. The minimum Gasteiger partial charge on any atom is -0.497 e. The first-order valence-corrected chi connectivity index (χ1v) is 8.42. The highest BCUT2D eigenvalue weighted by molar-refractivity contribution is 6.05. The Morgan fingerprint density at radius 1 is 0.929 bits per heavy atom. The third-order valence-corrected chi connectivity index (χ3v) is 4.13. The summed E-state index contributed by atoms with van der Waals surface area (Å²) in [7, 11) is 3.27. The molecule has 3 aromatic carbocycles. The number of amides is 1. The fraction of sp³-hybridized carbons (Fsp3) is 0.0952. The molecular formula is C21H18N2O5. The van der Waals surface area contributed by atoms with E-state index in [-0.39, 0.29) is 11.6 Å². The van der Waals surface area contributed by atoms with Crippen molar-refractivity contribution in [2.75, 3.05) is 19.1 Å². The van der Waals surface area contributed by atoms with Gasteiger partial charge in [0.05, 0.1) is 12.0 Å². The fourth-order valence-electron chi connectivity index (χ4n) is 2.57. The largest absolute Gasteiger partial charge is 0.497 e. The summed E-state index contributed by atoms with van der Waals surface area (Å²) in [6.07, 6.45) is 0.